The Morgan fingerprint density at radius 2 is 2.09 bits per heavy atom. The van der Waals surface area contributed by atoms with Gasteiger partial charge in [0.05, 0.1) is 5.38 Å². The van der Waals surface area contributed by atoms with Crippen LogP contribution in [-0.2, 0) is 4.79 Å². The fourth-order valence-corrected chi connectivity index (χ4v) is 2.40. The lowest BCUT2D eigenvalue weighted by atomic mass is 9.79. The summed E-state index contributed by atoms with van der Waals surface area (Å²) < 4.78 is 0. The van der Waals surface area contributed by atoms with Crippen LogP contribution in [0.25, 0.3) is 0 Å². The molecule has 0 aromatic carbocycles. The van der Waals surface area contributed by atoms with Crippen molar-refractivity contribution < 1.29 is 4.79 Å². The predicted molar refractivity (Wildman–Crippen MR) is 44.5 cm³/mol. The van der Waals surface area contributed by atoms with Crippen LogP contribution in [0.15, 0.2) is 12.2 Å². The van der Waals surface area contributed by atoms with Crippen LogP contribution in [0.3, 0.4) is 0 Å². The fourth-order valence-electron chi connectivity index (χ4n) is 2.02. The molecule has 0 aromatic heterocycles. The average molecular weight is 171 g/mol. The fraction of sp³-hybridized carbons (Fsp3) is 0.667. The van der Waals surface area contributed by atoms with E-state index in [0.717, 1.165) is 6.42 Å². The molecule has 0 radical (unpaired) electrons. The zero-order valence-electron chi connectivity index (χ0n) is 6.46. The number of carbonyl (C=O) groups is 1. The van der Waals surface area contributed by atoms with E-state index in [1.165, 1.54) is 0 Å². The summed E-state index contributed by atoms with van der Waals surface area (Å²) in [6.07, 6.45) is 5.33. The highest BCUT2D eigenvalue weighted by Crippen LogP contribution is 2.40. The summed E-state index contributed by atoms with van der Waals surface area (Å²) in [6, 6.07) is 0. The Bertz CT molecular complexity index is 202. The Hall–Kier alpha value is -0.300. The third kappa shape index (κ3) is 0.943. The first-order chi connectivity index (χ1) is 5.20. The first-order valence-electron chi connectivity index (χ1n) is 4.06. The number of hydrogen-bond donors (Lipinski definition) is 0. The zero-order valence-corrected chi connectivity index (χ0v) is 7.21. The van der Waals surface area contributed by atoms with Crippen molar-refractivity contribution >= 4 is 17.4 Å². The molecule has 60 valence electrons. The van der Waals surface area contributed by atoms with Crippen molar-refractivity contribution in [1.82, 2.24) is 0 Å². The summed E-state index contributed by atoms with van der Waals surface area (Å²) in [6.45, 7) is 1.98. The third-order valence-corrected chi connectivity index (χ3v) is 3.43. The van der Waals surface area contributed by atoms with Crippen molar-refractivity contribution in [3.05, 3.63) is 12.2 Å². The number of ketones is 1. The van der Waals surface area contributed by atoms with Crippen LogP contribution in [0.5, 0.6) is 0 Å². The van der Waals surface area contributed by atoms with Gasteiger partial charge in [-0.25, -0.2) is 0 Å². The first-order valence-corrected chi connectivity index (χ1v) is 4.50. The molecule has 2 bridgehead atoms. The normalized spacial score (nSPS) is 48.4. The summed E-state index contributed by atoms with van der Waals surface area (Å²) in [5, 5.41) is -0.250. The van der Waals surface area contributed by atoms with Crippen molar-refractivity contribution in [3.63, 3.8) is 0 Å². The molecule has 0 N–H and O–H groups in total. The number of alkyl halides is 1. The smallest absolute Gasteiger partial charge is 0.154 e. The van der Waals surface area contributed by atoms with E-state index < -0.39 is 0 Å². The van der Waals surface area contributed by atoms with Gasteiger partial charge in [-0.1, -0.05) is 19.1 Å². The SMILES string of the molecule is C[C@H]1C(=O)[C@@H](Cl)[C@@H]2C=C[C@H]1C2. The summed E-state index contributed by atoms with van der Waals surface area (Å²) in [5.41, 5.74) is 0. The Labute approximate surface area is 71.4 Å². The Morgan fingerprint density at radius 3 is 2.82 bits per heavy atom. The first kappa shape index (κ1) is 7.35. The second-order valence-corrected chi connectivity index (χ2v) is 4.01. The molecular formula is C9H11ClO. The number of Topliss-reactive ketones (excluding diaryl/α,β-unsaturated/α-hetero) is 1. The average Bonchev–Trinajstić information content (AvgIpc) is 2.44. The molecule has 1 nitrogen and oxygen atoms in total. The Kier molecular flexibility index (Phi) is 1.57. The lowest BCUT2D eigenvalue weighted by Crippen LogP contribution is -2.35. The van der Waals surface area contributed by atoms with E-state index in [1.54, 1.807) is 0 Å². The number of carbonyl (C=O) groups excluding carboxylic acids is 1. The molecule has 1 saturated carbocycles. The molecule has 0 saturated heterocycles. The van der Waals surface area contributed by atoms with Crippen LogP contribution in [0.2, 0.25) is 0 Å². The minimum Gasteiger partial charge on any atom is -0.298 e. The van der Waals surface area contributed by atoms with Crippen LogP contribution in [0.1, 0.15) is 13.3 Å². The molecule has 0 unspecified atom stereocenters. The van der Waals surface area contributed by atoms with Crippen LogP contribution >= 0.6 is 11.6 Å². The molecule has 0 heterocycles. The third-order valence-electron chi connectivity index (χ3n) is 2.89. The van der Waals surface area contributed by atoms with Gasteiger partial charge in [-0.3, -0.25) is 4.79 Å². The Morgan fingerprint density at radius 1 is 1.45 bits per heavy atom. The molecule has 2 rings (SSSR count). The molecule has 0 amide bonds. The quantitative estimate of drug-likeness (QED) is 0.402. The maximum absolute atomic E-state index is 11.4. The van der Waals surface area contributed by atoms with Crippen LogP contribution in [0, 0.1) is 17.8 Å². The van der Waals surface area contributed by atoms with E-state index in [1.807, 2.05) is 6.92 Å². The summed E-state index contributed by atoms with van der Waals surface area (Å²) in [7, 11) is 0. The van der Waals surface area contributed by atoms with Crippen LogP contribution in [0.4, 0.5) is 0 Å². The molecule has 0 aromatic rings. The standard InChI is InChI=1S/C9H11ClO/c1-5-6-2-3-7(4-6)8(10)9(5)11/h2-3,5-8H,4H2,1H3/t5-,6+,7-,8+/m1/s1. The lowest BCUT2D eigenvalue weighted by Gasteiger charge is -2.28. The topological polar surface area (TPSA) is 17.1 Å². The van der Waals surface area contributed by atoms with Crippen molar-refractivity contribution in [3.8, 4) is 0 Å². The van der Waals surface area contributed by atoms with Crippen LogP contribution < -0.4 is 0 Å². The number of fused-ring (bicyclic) bond motifs is 2. The molecule has 2 heteroatoms. The summed E-state index contributed by atoms with van der Waals surface area (Å²) >= 11 is 5.95. The van der Waals surface area contributed by atoms with Gasteiger partial charge in [0.15, 0.2) is 5.78 Å². The zero-order chi connectivity index (χ0) is 8.01. The highest BCUT2D eigenvalue weighted by Gasteiger charge is 2.41. The largest absolute Gasteiger partial charge is 0.298 e. The molecule has 2 aliphatic carbocycles. The van der Waals surface area contributed by atoms with Gasteiger partial charge in [-0.05, 0) is 12.3 Å². The molecule has 1 fully saturated rings. The maximum atomic E-state index is 11.4. The molecule has 0 aliphatic heterocycles. The number of rotatable bonds is 0. The second-order valence-electron chi connectivity index (χ2n) is 3.54. The van der Waals surface area contributed by atoms with Crippen molar-refractivity contribution in [2.45, 2.75) is 18.7 Å². The Balaban J connectivity index is 2.29. The van der Waals surface area contributed by atoms with Crippen LogP contribution in [-0.4, -0.2) is 11.2 Å². The van der Waals surface area contributed by atoms with E-state index in [0.29, 0.717) is 11.8 Å². The minimum absolute atomic E-state index is 0.146. The lowest BCUT2D eigenvalue weighted by molar-refractivity contribution is -0.125. The van der Waals surface area contributed by atoms with E-state index >= 15 is 0 Å². The second kappa shape index (κ2) is 2.34. The molecule has 4 atom stereocenters. The van der Waals surface area contributed by atoms with E-state index in [-0.39, 0.29) is 17.1 Å². The van der Waals surface area contributed by atoms with E-state index in [9.17, 15) is 4.79 Å². The molecular weight excluding hydrogens is 160 g/mol. The van der Waals surface area contributed by atoms with Crippen molar-refractivity contribution in [1.29, 1.82) is 0 Å². The van der Waals surface area contributed by atoms with Gasteiger partial charge in [0, 0.05) is 11.8 Å². The monoisotopic (exact) mass is 170 g/mol. The van der Waals surface area contributed by atoms with E-state index in [4.69, 9.17) is 11.6 Å². The van der Waals surface area contributed by atoms with Gasteiger partial charge >= 0.3 is 0 Å². The van der Waals surface area contributed by atoms with Crippen molar-refractivity contribution in [2.75, 3.05) is 0 Å². The highest BCUT2D eigenvalue weighted by molar-refractivity contribution is 6.32. The number of halogens is 1. The maximum Gasteiger partial charge on any atom is 0.154 e. The molecule has 11 heavy (non-hydrogen) atoms. The minimum atomic E-state index is -0.250. The van der Waals surface area contributed by atoms with Gasteiger partial charge in [-0.2, -0.15) is 0 Å². The summed E-state index contributed by atoms with van der Waals surface area (Å²) in [4.78, 5) is 11.4. The predicted octanol–water partition coefficient (Wildman–Crippen LogP) is 2.00. The van der Waals surface area contributed by atoms with Gasteiger partial charge in [0.25, 0.3) is 0 Å². The number of allylic oxidation sites excluding steroid dienone is 2. The number of hydrogen-bond acceptors (Lipinski definition) is 1. The highest BCUT2D eigenvalue weighted by atomic mass is 35.5. The van der Waals surface area contributed by atoms with E-state index in [2.05, 4.69) is 12.2 Å². The van der Waals surface area contributed by atoms with Gasteiger partial charge in [0.2, 0.25) is 0 Å². The molecule has 0 spiro atoms. The van der Waals surface area contributed by atoms with Gasteiger partial charge in [0.1, 0.15) is 0 Å². The van der Waals surface area contributed by atoms with Gasteiger partial charge < -0.3 is 0 Å². The summed E-state index contributed by atoms with van der Waals surface area (Å²) in [5.74, 6) is 1.18. The van der Waals surface area contributed by atoms with Crippen molar-refractivity contribution in [2.24, 2.45) is 17.8 Å². The molecule has 2 aliphatic rings. The van der Waals surface area contributed by atoms with Gasteiger partial charge in [-0.15, -0.1) is 11.6 Å².